The highest BCUT2D eigenvalue weighted by atomic mass is 32.2. The summed E-state index contributed by atoms with van der Waals surface area (Å²) in [6, 6.07) is 6.22. The molecule has 0 saturated carbocycles. The molecule has 118 valence electrons. The zero-order valence-corrected chi connectivity index (χ0v) is 13.0. The summed E-state index contributed by atoms with van der Waals surface area (Å²) in [5.74, 6) is 0.544. The minimum Gasteiger partial charge on any atom is -0.491 e. The summed E-state index contributed by atoms with van der Waals surface area (Å²) in [6.45, 7) is 1.93. The van der Waals surface area contributed by atoms with Gasteiger partial charge in [0.25, 0.3) is 0 Å². The molecule has 0 bridgehead atoms. The average Bonchev–Trinajstić information content (AvgIpc) is 2.48. The molecule has 1 aliphatic heterocycles. The van der Waals surface area contributed by atoms with E-state index in [-0.39, 0.29) is 24.2 Å². The third-order valence-corrected chi connectivity index (χ3v) is 5.07. The Kier molecular flexibility index (Phi) is 5.58. The second-order valence-corrected chi connectivity index (χ2v) is 6.96. The first-order chi connectivity index (χ1) is 10.0. The Bertz CT molecular complexity index is 537. The minimum atomic E-state index is -3.49. The van der Waals surface area contributed by atoms with Gasteiger partial charge < -0.3 is 14.7 Å². The molecule has 2 N–H and O–H groups in total. The number of rotatable bonds is 6. The lowest BCUT2D eigenvalue weighted by molar-refractivity contribution is 0.201. The molecular formula is C14H22N2O4S. The number of sulfonamides is 1. The highest BCUT2D eigenvalue weighted by Gasteiger charge is 2.23. The number of piperidine rings is 1. The molecule has 0 amide bonds. The first-order valence-electron chi connectivity index (χ1n) is 7.06. The van der Waals surface area contributed by atoms with E-state index in [9.17, 15) is 8.42 Å². The van der Waals surface area contributed by atoms with Gasteiger partial charge in [0.15, 0.2) is 0 Å². The fraction of sp³-hybridized carbons (Fsp3) is 0.571. The van der Waals surface area contributed by atoms with E-state index in [4.69, 9.17) is 9.84 Å². The van der Waals surface area contributed by atoms with Crippen LogP contribution in [-0.2, 0) is 10.0 Å². The Morgan fingerprint density at radius 3 is 2.48 bits per heavy atom. The zero-order valence-electron chi connectivity index (χ0n) is 12.2. The van der Waals surface area contributed by atoms with E-state index >= 15 is 0 Å². The molecule has 0 atom stereocenters. The largest absolute Gasteiger partial charge is 0.491 e. The second-order valence-electron chi connectivity index (χ2n) is 5.24. The van der Waals surface area contributed by atoms with Crippen LogP contribution in [0.1, 0.15) is 12.8 Å². The van der Waals surface area contributed by atoms with Crippen LogP contribution in [0.4, 0.5) is 0 Å². The Labute approximate surface area is 125 Å². The molecule has 1 aromatic rings. The van der Waals surface area contributed by atoms with E-state index in [1.807, 2.05) is 7.05 Å². The monoisotopic (exact) mass is 314 g/mol. The van der Waals surface area contributed by atoms with E-state index < -0.39 is 10.0 Å². The summed E-state index contributed by atoms with van der Waals surface area (Å²) in [5, 5.41) is 8.68. The van der Waals surface area contributed by atoms with E-state index in [2.05, 4.69) is 9.62 Å². The van der Waals surface area contributed by atoms with Crippen LogP contribution in [-0.4, -0.2) is 57.8 Å². The molecule has 0 unspecified atom stereocenters. The van der Waals surface area contributed by atoms with Gasteiger partial charge in [-0.1, -0.05) is 0 Å². The lowest BCUT2D eigenvalue weighted by atomic mass is 10.1. The van der Waals surface area contributed by atoms with Gasteiger partial charge in [-0.15, -0.1) is 0 Å². The van der Waals surface area contributed by atoms with E-state index in [0.29, 0.717) is 5.75 Å². The molecule has 1 saturated heterocycles. The fourth-order valence-electron chi connectivity index (χ4n) is 2.29. The van der Waals surface area contributed by atoms with Crippen LogP contribution in [0, 0.1) is 0 Å². The second kappa shape index (κ2) is 7.22. The van der Waals surface area contributed by atoms with E-state index in [0.717, 1.165) is 25.9 Å². The molecule has 1 aromatic carbocycles. The first-order valence-corrected chi connectivity index (χ1v) is 8.54. The maximum absolute atomic E-state index is 12.3. The van der Waals surface area contributed by atoms with Crippen LogP contribution in [0.25, 0.3) is 0 Å². The van der Waals surface area contributed by atoms with Gasteiger partial charge in [0.1, 0.15) is 12.4 Å². The van der Waals surface area contributed by atoms with Gasteiger partial charge in [0, 0.05) is 6.04 Å². The van der Waals surface area contributed by atoms with Gasteiger partial charge in [-0.2, -0.15) is 0 Å². The van der Waals surface area contributed by atoms with Crippen LogP contribution in [0.5, 0.6) is 5.75 Å². The van der Waals surface area contributed by atoms with Gasteiger partial charge in [-0.05, 0) is 57.2 Å². The Morgan fingerprint density at radius 1 is 1.29 bits per heavy atom. The molecule has 0 spiro atoms. The molecular weight excluding hydrogens is 292 g/mol. The summed E-state index contributed by atoms with van der Waals surface area (Å²) in [4.78, 5) is 2.43. The van der Waals surface area contributed by atoms with Gasteiger partial charge >= 0.3 is 0 Å². The van der Waals surface area contributed by atoms with Crippen molar-refractivity contribution in [2.75, 3.05) is 33.4 Å². The number of hydrogen-bond donors (Lipinski definition) is 2. The lowest BCUT2D eigenvalue weighted by Gasteiger charge is -2.29. The predicted octanol–water partition coefficient (Wildman–Crippen LogP) is 0.430. The molecule has 6 nitrogen and oxygen atoms in total. The van der Waals surface area contributed by atoms with E-state index in [1.54, 1.807) is 12.1 Å². The highest BCUT2D eigenvalue weighted by molar-refractivity contribution is 7.89. The number of aliphatic hydroxyl groups is 1. The molecule has 2 rings (SSSR count). The van der Waals surface area contributed by atoms with Crippen molar-refractivity contribution in [1.82, 2.24) is 9.62 Å². The van der Waals surface area contributed by atoms with Gasteiger partial charge in [-0.25, -0.2) is 13.1 Å². The van der Waals surface area contributed by atoms with Gasteiger partial charge in [0.2, 0.25) is 10.0 Å². The smallest absolute Gasteiger partial charge is 0.240 e. The van der Waals surface area contributed by atoms with Crippen LogP contribution in [0.2, 0.25) is 0 Å². The van der Waals surface area contributed by atoms with Gasteiger partial charge in [-0.3, -0.25) is 0 Å². The molecule has 1 fully saturated rings. The van der Waals surface area contributed by atoms with Crippen LogP contribution in [0.15, 0.2) is 29.2 Å². The Hall–Kier alpha value is -1.15. The van der Waals surface area contributed by atoms with Crippen molar-refractivity contribution < 1.29 is 18.3 Å². The normalized spacial score (nSPS) is 17.8. The molecule has 7 heteroatoms. The maximum atomic E-state index is 12.3. The number of nitrogens with zero attached hydrogens (tertiary/aromatic N) is 1. The third-order valence-electron chi connectivity index (χ3n) is 3.53. The highest BCUT2D eigenvalue weighted by Crippen LogP contribution is 2.18. The SMILES string of the molecule is CN1CCC(NS(=O)(=O)c2ccc(OCCO)cc2)CC1. The number of aliphatic hydroxyl groups excluding tert-OH is 1. The molecule has 1 aliphatic rings. The summed E-state index contributed by atoms with van der Waals surface area (Å²) >= 11 is 0. The van der Waals surface area contributed by atoms with Gasteiger partial charge in [0.05, 0.1) is 11.5 Å². The summed E-state index contributed by atoms with van der Waals surface area (Å²) in [6.07, 6.45) is 1.65. The molecule has 21 heavy (non-hydrogen) atoms. The van der Waals surface area contributed by atoms with Crippen molar-refractivity contribution in [3.63, 3.8) is 0 Å². The number of nitrogens with one attached hydrogen (secondary N) is 1. The lowest BCUT2D eigenvalue weighted by Crippen LogP contribution is -2.43. The Morgan fingerprint density at radius 2 is 1.90 bits per heavy atom. The summed E-state index contributed by atoms with van der Waals surface area (Å²) in [7, 11) is -1.45. The number of ether oxygens (including phenoxy) is 1. The standard InChI is InChI=1S/C14H22N2O4S/c1-16-8-6-12(7-9-16)15-21(18,19)14-4-2-13(3-5-14)20-11-10-17/h2-5,12,15,17H,6-11H2,1H3. The summed E-state index contributed by atoms with van der Waals surface area (Å²) in [5.41, 5.74) is 0. The third kappa shape index (κ3) is 4.67. The van der Waals surface area contributed by atoms with Crippen LogP contribution in [0.3, 0.4) is 0 Å². The molecule has 0 aromatic heterocycles. The van der Waals surface area contributed by atoms with Crippen molar-refractivity contribution in [1.29, 1.82) is 0 Å². The van der Waals surface area contributed by atoms with E-state index in [1.165, 1.54) is 12.1 Å². The molecule has 1 heterocycles. The number of benzene rings is 1. The van der Waals surface area contributed by atoms with Crippen molar-refractivity contribution in [3.8, 4) is 5.75 Å². The molecule has 0 aliphatic carbocycles. The average molecular weight is 314 g/mol. The first kappa shape index (κ1) is 16.2. The topological polar surface area (TPSA) is 78.9 Å². The van der Waals surface area contributed by atoms with Crippen molar-refractivity contribution in [2.45, 2.75) is 23.8 Å². The Balaban J connectivity index is 1.98. The van der Waals surface area contributed by atoms with Crippen molar-refractivity contribution in [2.24, 2.45) is 0 Å². The summed E-state index contributed by atoms with van der Waals surface area (Å²) < 4.78 is 32.6. The van der Waals surface area contributed by atoms with Crippen LogP contribution >= 0.6 is 0 Å². The molecule has 0 radical (unpaired) electrons. The minimum absolute atomic E-state index is 0.00323. The maximum Gasteiger partial charge on any atom is 0.240 e. The predicted molar refractivity (Wildman–Crippen MR) is 79.9 cm³/mol. The quantitative estimate of drug-likeness (QED) is 0.796. The zero-order chi connectivity index (χ0) is 15.3. The van der Waals surface area contributed by atoms with Crippen LogP contribution < -0.4 is 9.46 Å². The number of likely N-dealkylation sites (tertiary alicyclic amines) is 1. The van der Waals surface area contributed by atoms with Crippen molar-refractivity contribution in [3.05, 3.63) is 24.3 Å². The fourth-order valence-corrected chi connectivity index (χ4v) is 3.60. The van der Waals surface area contributed by atoms with Crippen molar-refractivity contribution >= 4 is 10.0 Å². The number of hydrogen-bond acceptors (Lipinski definition) is 5.